The molecular formula is C15H16F2N4O. The minimum absolute atomic E-state index is 0.0193. The first-order chi connectivity index (χ1) is 10.4. The van der Waals surface area contributed by atoms with Crippen LogP contribution in [-0.2, 0) is 0 Å². The van der Waals surface area contributed by atoms with Gasteiger partial charge in [-0.3, -0.25) is 4.79 Å². The first kappa shape index (κ1) is 14.5. The number of nitrogen functional groups attached to an aromatic ring is 1. The molecule has 1 aliphatic rings. The molecule has 1 saturated carbocycles. The predicted molar refractivity (Wildman–Crippen MR) is 78.2 cm³/mol. The van der Waals surface area contributed by atoms with Crippen LogP contribution >= 0.6 is 0 Å². The minimum Gasteiger partial charge on any atom is -0.382 e. The van der Waals surface area contributed by atoms with E-state index < -0.39 is 12.3 Å². The summed E-state index contributed by atoms with van der Waals surface area (Å²) in [6, 6.07) is 3.41. The molecule has 0 aliphatic heterocycles. The molecule has 4 N–H and O–H groups in total. The average Bonchev–Trinajstić information content (AvgIpc) is 3.20. The maximum atomic E-state index is 13.5. The largest absolute Gasteiger partial charge is 0.382 e. The van der Waals surface area contributed by atoms with Gasteiger partial charge in [-0.25, -0.2) is 13.5 Å². The number of hydrogen-bond acceptors (Lipinski definition) is 3. The first-order valence-corrected chi connectivity index (χ1v) is 6.96. The van der Waals surface area contributed by atoms with E-state index in [9.17, 15) is 13.6 Å². The van der Waals surface area contributed by atoms with Crippen molar-refractivity contribution in [2.24, 2.45) is 5.73 Å². The van der Waals surface area contributed by atoms with E-state index in [2.05, 4.69) is 5.10 Å². The number of rotatable bonds is 4. The van der Waals surface area contributed by atoms with Crippen LogP contribution in [-0.4, -0.2) is 15.7 Å². The average molecular weight is 306 g/mol. The van der Waals surface area contributed by atoms with Gasteiger partial charge in [0.05, 0.1) is 5.69 Å². The lowest BCUT2D eigenvalue weighted by Crippen LogP contribution is -2.11. The Morgan fingerprint density at radius 1 is 1.41 bits per heavy atom. The van der Waals surface area contributed by atoms with Crippen molar-refractivity contribution in [2.45, 2.75) is 32.1 Å². The van der Waals surface area contributed by atoms with Crippen molar-refractivity contribution in [1.29, 1.82) is 0 Å². The van der Waals surface area contributed by atoms with Gasteiger partial charge in [-0.2, -0.15) is 0 Å². The molecular weight excluding hydrogens is 290 g/mol. The van der Waals surface area contributed by atoms with Gasteiger partial charge in [0, 0.05) is 11.8 Å². The second-order valence-corrected chi connectivity index (χ2v) is 5.59. The van der Waals surface area contributed by atoms with Crippen LogP contribution in [0.15, 0.2) is 18.3 Å². The molecule has 1 heterocycles. The summed E-state index contributed by atoms with van der Waals surface area (Å²) in [7, 11) is 0. The fourth-order valence-corrected chi connectivity index (χ4v) is 2.66. The Kier molecular flexibility index (Phi) is 3.35. The van der Waals surface area contributed by atoms with E-state index in [0.717, 1.165) is 18.4 Å². The molecule has 1 amide bonds. The molecule has 0 unspecified atom stereocenters. The first-order valence-electron chi connectivity index (χ1n) is 6.96. The number of carbonyl (C=O) groups excluding carboxylic acids is 1. The summed E-state index contributed by atoms with van der Waals surface area (Å²) >= 11 is 0. The van der Waals surface area contributed by atoms with Gasteiger partial charge in [0.1, 0.15) is 5.56 Å². The number of hydrogen-bond donors (Lipinski definition) is 2. The van der Waals surface area contributed by atoms with Crippen LogP contribution in [0.25, 0.3) is 5.69 Å². The molecule has 7 heteroatoms. The highest BCUT2D eigenvalue weighted by Crippen LogP contribution is 2.43. The lowest BCUT2D eigenvalue weighted by molar-refractivity contribution is 0.100. The van der Waals surface area contributed by atoms with Gasteiger partial charge in [-0.05, 0) is 42.9 Å². The highest BCUT2D eigenvalue weighted by molar-refractivity contribution is 5.97. The van der Waals surface area contributed by atoms with Crippen molar-refractivity contribution in [3.05, 3.63) is 40.6 Å². The standard InChI is InChI=1S/C15H16F2N4O/c1-7-4-9(8-2-3-8)5-10(13(16)17)12(7)21-6-11(15(19)22)14(18)20-21/h4-6,8,13H,2-3H2,1H3,(H2,18,20)(H2,19,22). The summed E-state index contributed by atoms with van der Waals surface area (Å²) in [6.45, 7) is 1.74. The molecule has 116 valence electrons. The second-order valence-electron chi connectivity index (χ2n) is 5.59. The van der Waals surface area contributed by atoms with Crippen molar-refractivity contribution in [3.63, 3.8) is 0 Å². The van der Waals surface area contributed by atoms with E-state index in [1.54, 1.807) is 6.92 Å². The number of nitrogens with zero attached hydrogens (tertiary/aromatic N) is 2. The van der Waals surface area contributed by atoms with Crippen LogP contribution in [0.1, 0.15) is 52.2 Å². The summed E-state index contributed by atoms with van der Waals surface area (Å²) in [5.41, 5.74) is 12.6. The third kappa shape index (κ3) is 2.43. The Balaban J connectivity index is 2.16. The summed E-state index contributed by atoms with van der Waals surface area (Å²) in [5.74, 6) is -0.442. The van der Waals surface area contributed by atoms with Gasteiger partial charge in [0.25, 0.3) is 12.3 Å². The molecule has 1 aliphatic carbocycles. The lowest BCUT2D eigenvalue weighted by atomic mass is 10.0. The maximum Gasteiger partial charge on any atom is 0.265 e. The zero-order chi connectivity index (χ0) is 16.0. The summed E-state index contributed by atoms with van der Waals surface area (Å²) in [4.78, 5) is 11.3. The molecule has 3 rings (SSSR count). The number of carbonyl (C=O) groups is 1. The second kappa shape index (κ2) is 5.08. The Bertz CT molecular complexity index is 750. The smallest absolute Gasteiger partial charge is 0.265 e. The van der Waals surface area contributed by atoms with E-state index in [-0.39, 0.29) is 22.6 Å². The number of aryl methyl sites for hydroxylation is 1. The molecule has 1 aromatic heterocycles. The third-order valence-corrected chi connectivity index (χ3v) is 3.87. The van der Waals surface area contributed by atoms with Gasteiger partial charge in [0.15, 0.2) is 5.82 Å². The molecule has 1 fully saturated rings. The SMILES string of the molecule is Cc1cc(C2CC2)cc(C(F)F)c1-n1cc(C(N)=O)c(N)n1. The maximum absolute atomic E-state index is 13.5. The number of primary amides is 1. The number of nitrogens with two attached hydrogens (primary N) is 2. The zero-order valence-electron chi connectivity index (χ0n) is 12.0. The van der Waals surface area contributed by atoms with Crippen LogP contribution in [0.5, 0.6) is 0 Å². The summed E-state index contributed by atoms with van der Waals surface area (Å²) in [6.07, 6.45) is 0.710. The monoisotopic (exact) mass is 306 g/mol. The van der Waals surface area contributed by atoms with Crippen molar-refractivity contribution < 1.29 is 13.6 Å². The Morgan fingerprint density at radius 3 is 2.59 bits per heavy atom. The van der Waals surface area contributed by atoms with Crippen molar-refractivity contribution in [1.82, 2.24) is 9.78 Å². The molecule has 0 bridgehead atoms. The number of amides is 1. The van der Waals surface area contributed by atoms with E-state index in [1.165, 1.54) is 16.9 Å². The molecule has 22 heavy (non-hydrogen) atoms. The number of aromatic nitrogens is 2. The number of alkyl halides is 2. The van der Waals surface area contributed by atoms with E-state index in [4.69, 9.17) is 11.5 Å². The molecule has 0 spiro atoms. The van der Waals surface area contributed by atoms with Gasteiger partial charge in [-0.15, -0.1) is 5.10 Å². The molecule has 2 aromatic rings. The lowest BCUT2D eigenvalue weighted by Gasteiger charge is -2.14. The topological polar surface area (TPSA) is 86.9 Å². The Hall–Kier alpha value is -2.44. The molecule has 1 aromatic carbocycles. The van der Waals surface area contributed by atoms with Crippen LogP contribution < -0.4 is 11.5 Å². The van der Waals surface area contributed by atoms with Crippen molar-refractivity contribution in [2.75, 3.05) is 5.73 Å². The van der Waals surface area contributed by atoms with E-state index in [0.29, 0.717) is 11.5 Å². The molecule has 0 radical (unpaired) electrons. The van der Waals surface area contributed by atoms with Gasteiger partial charge < -0.3 is 11.5 Å². The van der Waals surface area contributed by atoms with Crippen molar-refractivity contribution in [3.8, 4) is 5.69 Å². The Labute approximate surface area is 125 Å². The van der Waals surface area contributed by atoms with Crippen LogP contribution in [0, 0.1) is 6.92 Å². The van der Waals surface area contributed by atoms with E-state index in [1.807, 2.05) is 6.07 Å². The molecule has 0 saturated heterocycles. The zero-order valence-corrected chi connectivity index (χ0v) is 12.0. The van der Waals surface area contributed by atoms with Crippen LogP contribution in [0.2, 0.25) is 0 Å². The van der Waals surface area contributed by atoms with E-state index >= 15 is 0 Å². The number of anilines is 1. The van der Waals surface area contributed by atoms with Crippen molar-refractivity contribution >= 4 is 11.7 Å². The molecule has 0 atom stereocenters. The Morgan fingerprint density at radius 2 is 2.09 bits per heavy atom. The summed E-state index contributed by atoms with van der Waals surface area (Å²) in [5, 5.41) is 3.96. The summed E-state index contributed by atoms with van der Waals surface area (Å²) < 4.78 is 28.1. The van der Waals surface area contributed by atoms with Crippen LogP contribution in [0.3, 0.4) is 0 Å². The quantitative estimate of drug-likeness (QED) is 0.910. The van der Waals surface area contributed by atoms with Crippen LogP contribution in [0.4, 0.5) is 14.6 Å². The third-order valence-electron chi connectivity index (χ3n) is 3.87. The van der Waals surface area contributed by atoms with Gasteiger partial charge in [-0.1, -0.05) is 6.07 Å². The normalized spacial score (nSPS) is 14.5. The number of halogens is 2. The number of benzene rings is 1. The van der Waals surface area contributed by atoms with Gasteiger partial charge >= 0.3 is 0 Å². The fourth-order valence-electron chi connectivity index (χ4n) is 2.66. The molecule has 5 nitrogen and oxygen atoms in total. The predicted octanol–water partition coefficient (Wildman–Crippen LogP) is 2.68. The fraction of sp³-hybridized carbons (Fsp3) is 0.333. The van der Waals surface area contributed by atoms with Gasteiger partial charge in [0.2, 0.25) is 0 Å². The highest BCUT2D eigenvalue weighted by atomic mass is 19.3. The minimum atomic E-state index is -2.64. The highest BCUT2D eigenvalue weighted by Gasteiger charge is 2.27.